The normalized spacial score (nSPS) is 12.3. The maximum absolute atomic E-state index is 13.2. The number of hydrogen-bond donors (Lipinski definition) is 3. The molecule has 0 bridgehead atoms. The van der Waals surface area contributed by atoms with E-state index in [1.54, 1.807) is 0 Å². The molecule has 18 heavy (non-hydrogen) atoms. The smallest absolute Gasteiger partial charge is 0.239 e. The summed E-state index contributed by atoms with van der Waals surface area (Å²) in [7, 11) is 0. The Kier molecular flexibility index (Phi) is 5.11. The Morgan fingerprint density at radius 3 is 2.39 bits per heavy atom. The predicted octanol–water partition coefficient (Wildman–Crippen LogP) is 0.0822. The number of carbonyl (C=O) groups is 1. The Bertz CT molecular complexity index is 417. The summed E-state index contributed by atoms with van der Waals surface area (Å²) in [6.07, 6.45) is -0.137. The first-order chi connectivity index (χ1) is 8.45. The zero-order chi connectivity index (χ0) is 13.7. The molecule has 7 heteroatoms. The first-order valence-electron chi connectivity index (χ1n) is 5.23. The van der Waals surface area contributed by atoms with Crippen LogP contribution in [0.3, 0.4) is 0 Å². The molecular formula is C11H13F3N2O2. The van der Waals surface area contributed by atoms with Crippen LogP contribution < -0.4 is 11.1 Å². The Hall–Kier alpha value is -1.60. The fourth-order valence-electron chi connectivity index (χ4n) is 1.34. The molecule has 1 amide bonds. The van der Waals surface area contributed by atoms with Gasteiger partial charge in [0.1, 0.15) is 23.5 Å². The van der Waals surface area contributed by atoms with Crippen LogP contribution in [0.5, 0.6) is 0 Å². The first kappa shape index (κ1) is 14.5. The molecule has 0 fully saturated rings. The van der Waals surface area contributed by atoms with Crippen molar-refractivity contribution in [2.45, 2.75) is 12.5 Å². The summed E-state index contributed by atoms with van der Waals surface area (Å²) in [5.74, 6) is -3.64. The predicted molar refractivity (Wildman–Crippen MR) is 58.1 cm³/mol. The lowest BCUT2D eigenvalue weighted by Crippen LogP contribution is -2.43. The van der Waals surface area contributed by atoms with E-state index in [0.717, 1.165) is 0 Å². The van der Waals surface area contributed by atoms with Crippen molar-refractivity contribution in [2.75, 3.05) is 13.2 Å². The number of hydrogen-bond acceptors (Lipinski definition) is 3. The number of benzene rings is 1. The van der Waals surface area contributed by atoms with E-state index in [1.807, 2.05) is 0 Å². The molecule has 0 aliphatic heterocycles. The van der Waals surface area contributed by atoms with E-state index >= 15 is 0 Å². The lowest BCUT2D eigenvalue weighted by atomic mass is 10.1. The molecule has 0 aromatic heterocycles. The molecule has 0 spiro atoms. The van der Waals surface area contributed by atoms with Crippen LogP contribution in [-0.2, 0) is 11.2 Å². The zero-order valence-corrected chi connectivity index (χ0v) is 9.42. The van der Waals surface area contributed by atoms with Gasteiger partial charge in [0, 0.05) is 24.2 Å². The minimum Gasteiger partial charge on any atom is -0.394 e. The third kappa shape index (κ3) is 3.71. The van der Waals surface area contributed by atoms with Crippen molar-refractivity contribution in [1.82, 2.24) is 5.32 Å². The molecule has 1 aromatic carbocycles. The number of aliphatic hydroxyl groups is 1. The second kappa shape index (κ2) is 6.36. The largest absolute Gasteiger partial charge is 0.394 e. The van der Waals surface area contributed by atoms with Gasteiger partial charge in [0.25, 0.3) is 0 Å². The van der Waals surface area contributed by atoms with Gasteiger partial charge in [-0.15, -0.1) is 0 Å². The number of carbonyl (C=O) groups excluding carboxylic acids is 1. The summed E-state index contributed by atoms with van der Waals surface area (Å²) in [4.78, 5) is 11.1. The fraction of sp³-hybridized carbons (Fsp3) is 0.364. The molecule has 4 N–H and O–H groups in total. The Labute approximate surface area is 102 Å². The van der Waals surface area contributed by atoms with Crippen LogP contribution in [0, 0.1) is 17.5 Å². The highest BCUT2D eigenvalue weighted by Crippen LogP contribution is 2.14. The molecule has 0 saturated carbocycles. The summed E-state index contributed by atoms with van der Waals surface area (Å²) in [6, 6.07) is 0.0623. The molecule has 0 aliphatic carbocycles. The number of rotatable bonds is 5. The van der Waals surface area contributed by atoms with Crippen LogP contribution in [0.15, 0.2) is 12.1 Å². The second-order valence-corrected chi connectivity index (χ2v) is 3.68. The topological polar surface area (TPSA) is 75.3 Å². The van der Waals surface area contributed by atoms with Crippen LogP contribution in [0.1, 0.15) is 5.56 Å². The van der Waals surface area contributed by atoms with Gasteiger partial charge in [0.2, 0.25) is 5.91 Å². The maximum atomic E-state index is 13.2. The van der Waals surface area contributed by atoms with Crippen LogP contribution in [0.2, 0.25) is 0 Å². The van der Waals surface area contributed by atoms with E-state index in [9.17, 15) is 18.0 Å². The molecule has 100 valence electrons. The van der Waals surface area contributed by atoms with Crippen molar-refractivity contribution in [2.24, 2.45) is 5.73 Å². The van der Waals surface area contributed by atoms with Crippen LogP contribution in [0.25, 0.3) is 0 Å². The van der Waals surface area contributed by atoms with Gasteiger partial charge in [-0.2, -0.15) is 0 Å². The highest BCUT2D eigenvalue weighted by molar-refractivity contribution is 5.81. The average Bonchev–Trinajstić information content (AvgIpc) is 2.31. The molecule has 0 saturated heterocycles. The average molecular weight is 262 g/mol. The number of aliphatic hydroxyl groups excluding tert-OH is 1. The zero-order valence-electron chi connectivity index (χ0n) is 9.42. The van der Waals surface area contributed by atoms with Crippen LogP contribution >= 0.6 is 0 Å². The summed E-state index contributed by atoms with van der Waals surface area (Å²) in [6.45, 7) is -0.586. The monoisotopic (exact) mass is 262 g/mol. The highest BCUT2D eigenvalue weighted by Gasteiger charge is 2.14. The molecule has 0 aliphatic rings. The minimum absolute atomic E-state index is 0.0635. The summed E-state index contributed by atoms with van der Waals surface area (Å²) >= 11 is 0. The number of halogens is 3. The molecular weight excluding hydrogens is 249 g/mol. The molecule has 1 unspecified atom stereocenters. The van der Waals surface area contributed by atoms with E-state index in [4.69, 9.17) is 10.8 Å². The van der Waals surface area contributed by atoms with Crippen molar-refractivity contribution in [3.63, 3.8) is 0 Å². The van der Waals surface area contributed by atoms with E-state index in [1.165, 1.54) is 0 Å². The van der Waals surface area contributed by atoms with Gasteiger partial charge in [0.05, 0.1) is 6.61 Å². The number of nitrogens with two attached hydrogens (primary N) is 1. The van der Waals surface area contributed by atoms with Gasteiger partial charge in [-0.1, -0.05) is 0 Å². The third-order valence-corrected chi connectivity index (χ3v) is 2.31. The quantitative estimate of drug-likeness (QED) is 0.703. The van der Waals surface area contributed by atoms with E-state index in [2.05, 4.69) is 5.32 Å². The lowest BCUT2D eigenvalue weighted by Gasteiger charge is -2.10. The van der Waals surface area contributed by atoms with E-state index < -0.39 is 36.0 Å². The van der Waals surface area contributed by atoms with Crippen molar-refractivity contribution < 1.29 is 23.1 Å². The Morgan fingerprint density at radius 1 is 1.33 bits per heavy atom. The van der Waals surface area contributed by atoms with Gasteiger partial charge < -0.3 is 16.2 Å². The molecule has 0 radical (unpaired) electrons. The first-order valence-corrected chi connectivity index (χ1v) is 5.23. The SMILES string of the molecule is NC(CO)C(=O)NCCc1c(F)cc(F)cc1F. The van der Waals surface area contributed by atoms with Gasteiger partial charge in [0.15, 0.2) is 0 Å². The fourth-order valence-corrected chi connectivity index (χ4v) is 1.34. The van der Waals surface area contributed by atoms with Crippen molar-refractivity contribution in [3.8, 4) is 0 Å². The number of amides is 1. The lowest BCUT2D eigenvalue weighted by molar-refractivity contribution is -0.123. The Balaban J connectivity index is 2.57. The molecule has 4 nitrogen and oxygen atoms in total. The summed E-state index contributed by atoms with van der Waals surface area (Å²) in [5.41, 5.74) is 4.90. The van der Waals surface area contributed by atoms with Crippen LogP contribution in [-0.4, -0.2) is 30.2 Å². The summed E-state index contributed by atoms with van der Waals surface area (Å²) in [5, 5.41) is 10.9. The summed E-state index contributed by atoms with van der Waals surface area (Å²) < 4.78 is 39.0. The van der Waals surface area contributed by atoms with Crippen molar-refractivity contribution in [1.29, 1.82) is 0 Å². The van der Waals surface area contributed by atoms with Gasteiger partial charge in [-0.05, 0) is 6.42 Å². The number of nitrogens with one attached hydrogen (secondary N) is 1. The second-order valence-electron chi connectivity index (χ2n) is 3.68. The standard InChI is InChI=1S/C11H13F3N2O2/c12-6-3-8(13)7(9(14)4-6)1-2-16-11(18)10(15)5-17/h3-4,10,17H,1-2,5,15H2,(H,16,18). The van der Waals surface area contributed by atoms with Gasteiger partial charge in [-0.25, -0.2) is 13.2 Å². The van der Waals surface area contributed by atoms with Crippen molar-refractivity contribution in [3.05, 3.63) is 35.1 Å². The highest BCUT2D eigenvalue weighted by atomic mass is 19.1. The third-order valence-electron chi connectivity index (χ3n) is 2.31. The van der Waals surface area contributed by atoms with Gasteiger partial charge >= 0.3 is 0 Å². The Morgan fingerprint density at radius 2 is 1.89 bits per heavy atom. The molecule has 1 rings (SSSR count). The maximum Gasteiger partial charge on any atom is 0.239 e. The molecule has 1 atom stereocenters. The van der Waals surface area contributed by atoms with E-state index in [0.29, 0.717) is 12.1 Å². The molecule has 0 heterocycles. The van der Waals surface area contributed by atoms with Gasteiger partial charge in [-0.3, -0.25) is 4.79 Å². The van der Waals surface area contributed by atoms with E-state index in [-0.39, 0.29) is 18.5 Å². The van der Waals surface area contributed by atoms with Crippen LogP contribution in [0.4, 0.5) is 13.2 Å². The molecule has 1 aromatic rings. The minimum atomic E-state index is -1.08. The van der Waals surface area contributed by atoms with Crippen molar-refractivity contribution >= 4 is 5.91 Å².